The molecule has 0 fully saturated rings. The number of rotatable bonds is 4. The van der Waals surface area contributed by atoms with E-state index in [2.05, 4.69) is 10.3 Å². The predicted octanol–water partition coefficient (Wildman–Crippen LogP) is 2.81. The molecule has 1 aliphatic carbocycles. The molecule has 7 nitrogen and oxygen atoms in total. The largest absolute Gasteiger partial charge is 0.481 e. The number of anilines is 1. The average molecular weight is 367 g/mol. The normalized spacial score (nSPS) is 14.6. The van der Waals surface area contributed by atoms with E-state index in [1.807, 2.05) is 12.1 Å². The summed E-state index contributed by atoms with van der Waals surface area (Å²) in [5, 5.41) is 3.66. The van der Waals surface area contributed by atoms with Gasteiger partial charge in [0, 0.05) is 36.5 Å². The monoisotopic (exact) mass is 367 g/mol. The van der Waals surface area contributed by atoms with Crippen molar-refractivity contribution in [2.24, 2.45) is 7.05 Å². The second-order valence-corrected chi connectivity index (χ2v) is 6.82. The van der Waals surface area contributed by atoms with Crippen LogP contribution in [0.2, 0.25) is 0 Å². The molecule has 7 heteroatoms. The Morgan fingerprint density at radius 1 is 1.30 bits per heavy atom. The van der Waals surface area contributed by atoms with E-state index in [1.54, 1.807) is 37.0 Å². The Morgan fingerprint density at radius 3 is 2.81 bits per heavy atom. The van der Waals surface area contributed by atoms with Crippen LogP contribution in [0.3, 0.4) is 0 Å². The molecule has 1 aromatic carbocycles. The van der Waals surface area contributed by atoms with Gasteiger partial charge in [-0.3, -0.25) is 10.1 Å². The molecule has 2 aromatic heterocycles. The highest BCUT2D eigenvalue weighted by atomic mass is 16.5. The van der Waals surface area contributed by atoms with E-state index in [4.69, 9.17) is 9.15 Å². The van der Waals surface area contributed by atoms with Gasteiger partial charge in [0.1, 0.15) is 11.3 Å². The van der Waals surface area contributed by atoms with Crippen molar-refractivity contribution in [2.75, 3.05) is 5.32 Å². The zero-order valence-corrected chi connectivity index (χ0v) is 15.3. The molecule has 3 aromatic rings. The van der Waals surface area contributed by atoms with Gasteiger partial charge in [-0.05, 0) is 50.3 Å². The molecule has 1 aliphatic rings. The number of aromatic nitrogens is 2. The third kappa shape index (κ3) is 3.32. The highest BCUT2D eigenvalue weighted by Gasteiger charge is 2.20. The summed E-state index contributed by atoms with van der Waals surface area (Å²) in [6.45, 7) is 1.66. The third-order valence-electron chi connectivity index (χ3n) is 4.93. The molecule has 27 heavy (non-hydrogen) atoms. The molecule has 1 atom stereocenters. The standard InChI is InChI=1S/C20H21N3O4/c1-12(18(24)22-20-21-9-10-23(20)2)26-13-7-8-15-14-5-3-4-6-16(14)19(25)27-17(15)11-13/h7-12H,3-6H2,1-2H3,(H,21,22,24). The van der Waals surface area contributed by atoms with Gasteiger partial charge in [-0.15, -0.1) is 0 Å². The molecule has 140 valence electrons. The molecule has 0 saturated carbocycles. The minimum absolute atomic E-state index is 0.269. The van der Waals surface area contributed by atoms with Gasteiger partial charge in [-0.1, -0.05) is 0 Å². The minimum atomic E-state index is -0.733. The molecule has 1 unspecified atom stereocenters. The molecular formula is C20H21N3O4. The van der Waals surface area contributed by atoms with E-state index in [-0.39, 0.29) is 11.5 Å². The molecule has 0 radical (unpaired) electrons. The number of ether oxygens (including phenoxy) is 1. The summed E-state index contributed by atoms with van der Waals surface area (Å²) in [6.07, 6.45) is 6.38. The van der Waals surface area contributed by atoms with Gasteiger partial charge in [0.2, 0.25) is 5.95 Å². The smallest absolute Gasteiger partial charge is 0.339 e. The lowest BCUT2D eigenvalue weighted by molar-refractivity contribution is -0.122. The van der Waals surface area contributed by atoms with Crippen molar-refractivity contribution in [1.82, 2.24) is 9.55 Å². The molecule has 2 heterocycles. The van der Waals surface area contributed by atoms with Gasteiger partial charge in [0.25, 0.3) is 5.91 Å². The molecule has 4 rings (SSSR count). The number of hydrogen-bond acceptors (Lipinski definition) is 5. The number of fused-ring (bicyclic) bond motifs is 3. The lowest BCUT2D eigenvalue weighted by Gasteiger charge is -2.17. The Bertz CT molecular complexity index is 1070. The molecule has 0 spiro atoms. The maximum Gasteiger partial charge on any atom is 0.339 e. The van der Waals surface area contributed by atoms with Crippen molar-refractivity contribution < 1.29 is 13.9 Å². The molecule has 1 N–H and O–H groups in total. The Balaban J connectivity index is 1.56. The van der Waals surface area contributed by atoms with Crippen LogP contribution in [-0.2, 0) is 24.7 Å². The molecule has 0 saturated heterocycles. The van der Waals surface area contributed by atoms with E-state index >= 15 is 0 Å². The average Bonchev–Trinajstić information content (AvgIpc) is 3.06. The van der Waals surface area contributed by atoms with Gasteiger partial charge in [0.05, 0.1) is 0 Å². The summed E-state index contributed by atoms with van der Waals surface area (Å²) in [5.41, 5.74) is 2.11. The van der Waals surface area contributed by atoms with Gasteiger partial charge in [0.15, 0.2) is 6.10 Å². The van der Waals surface area contributed by atoms with E-state index in [9.17, 15) is 9.59 Å². The van der Waals surface area contributed by atoms with Gasteiger partial charge >= 0.3 is 5.63 Å². The summed E-state index contributed by atoms with van der Waals surface area (Å²) < 4.78 is 12.9. The fourth-order valence-corrected chi connectivity index (χ4v) is 3.45. The van der Waals surface area contributed by atoms with Crippen molar-refractivity contribution in [2.45, 2.75) is 38.7 Å². The van der Waals surface area contributed by atoms with Crippen molar-refractivity contribution in [3.63, 3.8) is 0 Å². The number of nitrogens with zero attached hydrogens (tertiary/aromatic N) is 2. The van der Waals surface area contributed by atoms with Crippen LogP contribution in [0.15, 0.2) is 39.8 Å². The van der Waals surface area contributed by atoms with Gasteiger partial charge in [-0.2, -0.15) is 0 Å². The van der Waals surface area contributed by atoms with Gasteiger partial charge in [-0.25, -0.2) is 9.78 Å². The number of amides is 1. The Hall–Kier alpha value is -3.09. The molecule has 1 amide bonds. The highest BCUT2D eigenvalue weighted by Crippen LogP contribution is 2.29. The van der Waals surface area contributed by atoms with Crippen LogP contribution in [0.5, 0.6) is 5.75 Å². The number of benzene rings is 1. The zero-order chi connectivity index (χ0) is 19.0. The maximum atomic E-state index is 12.3. The van der Waals surface area contributed by atoms with Crippen molar-refractivity contribution >= 4 is 22.8 Å². The van der Waals surface area contributed by atoms with E-state index in [1.165, 1.54) is 0 Å². The van der Waals surface area contributed by atoms with Crippen LogP contribution >= 0.6 is 0 Å². The third-order valence-corrected chi connectivity index (χ3v) is 4.93. The summed E-state index contributed by atoms with van der Waals surface area (Å²) in [5.74, 6) is 0.617. The van der Waals surface area contributed by atoms with Crippen molar-refractivity contribution in [1.29, 1.82) is 0 Å². The van der Waals surface area contributed by atoms with Crippen molar-refractivity contribution in [3.05, 3.63) is 52.1 Å². The van der Waals surface area contributed by atoms with Crippen LogP contribution in [0.25, 0.3) is 11.0 Å². The summed E-state index contributed by atoms with van der Waals surface area (Å²) in [4.78, 5) is 28.6. The second kappa shape index (κ2) is 6.90. The highest BCUT2D eigenvalue weighted by molar-refractivity contribution is 5.92. The predicted molar refractivity (Wildman–Crippen MR) is 101 cm³/mol. The quantitative estimate of drug-likeness (QED) is 0.717. The molecule has 0 bridgehead atoms. The van der Waals surface area contributed by atoms with Gasteiger partial charge < -0.3 is 13.7 Å². The first kappa shape index (κ1) is 17.3. The number of nitrogens with one attached hydrogen (secondary N) is 1. The van der Waals surface area contributed by atoms with E-state index < -0.39 is 6.10 Å². The van der Waals surface area contributed by atoms with Crippen LogP contribution in [-0.4, -0.2) is 21.6 Å². The Labute approximate surface area is 156 Å². The lowest BCUT2D eigenvalue weighted by Crippen LogP contribution is -2.31. The van der Waals surface area contributed by atoms with Crippen LogP contribution in [0.1, 0.15) is 30.9 Å². The maximum absolute atomic E-state index is 12.3. The van der Waals surface area contributed by atoms with Crippen LogP contribution in [0, 0.1) is 0 Å². The number of carbonyl (C=O) groups is 1. The SMILES string of the molecule is CC(Oc1ccc2c3c(c(=O)oc2c1)CCCC3)C(=O)Nc1nccn1C. The topological polar surface area (TPSA) is 86.4 Å². The van der Waals surface area contributed by atoms with Crippen LogP contribution in [0.4, 0.5) is 5.95 Å². The second-order valence-electron chi connectivity index (χ2n) is 6.82. The van der Waals surface area contributed by atoms with E-state index in [0.29, 0.717) is 17.3 Å². The molecular weight excluding hydrogens is 346 g/mol. The first-order chi connectivity index (χ1) is 13.0. The number of carbonyl (C=O) groups excluding carboxylic acids is 1. The molecule has 0 aliphatic heterocycles. The fourth-order valence-electron chi connectivity index (χ4n) is 3.45. The first-order valence-electron chi connectivity index (χ1n) is 9.06. The lowest BCUT2D eigenvalue weighted by atomic mass is 9.91. The summed E-state index contributed by atoms with van der Waals surface area (Å²) in [7, 11) is 1.79. The minimum Gasteiger partial charge on any atom is -0.481 e. The number of imidazole rings is 1. The summed E-state index contributed by atoms with van der Waals surface area (Å²) >= 11 is 0. The summed E-state index contributed by atoms with van der Waals surface area (Å²) in [6, 6.07) is 5.39. The number of hydrogen-bond donors (Lipinski definition) is 1. The fraction of sp³-hybridized carbons (Fsp3) is 0.350. The Morgan fingerprint density at radius 2 is 2.07 bits per heavy atom. The van der Waals surface area contributed by atoms with Crippen molar-refractivity contribution in [3.8, 4) is 5.75 Å². The van der Waals surface area contributed by atoms with Crippen LogP contribution < -0.4 is 15.7 Å². The Kier molecular flexibility index (Phi) is 4.43. The first-order valence-corrected chi connectivity index (χ1v) is 9.06. The zero-order valence-electron chi connectivity index (χ0n) is 15.3. The number of aryl methyl sites for hydroxylation is 2. The van der Waals surface area contributed by atoms with E-state index in [0.717, 1.165) is 42.2 Å².